The van der Waals surface area contributed by atoms with E-state index in [-0.39, 0.29) is 28.8 Å². The van der Waals surface area contributed by atoms with Crippen LogP contribution in [0, 0.1) is 0 Å². The molecule has 1 rings (SSSR count). The number of hydrogen-bond acceptors (Lipinski definition) is 3. The number of ether oxygens (including phenoxy) is 1. The van der Waals surface area contributed by atoms with Crippen LogP contribution >= 0.6 is 23.2 Å². The van der Waals surface area contributed by atoms with Gasteiger partial charge in [-0.25, -0.2) is 13.8 Å². The first-order valence-electron chi connectivity index (χ1n) is 4.74. The first-order valence-corrected chi connectivity index (χ1v) is 5.49. The molecule has 0 aromatic carbocycles. The zero-order valence-electron chi connectivity index (χ0n) is 8.84. The number of carbonyl (C=O) groups is 1. The Morgan fingerprint density at radius 2 is 2.18 bits per heavy atom. The number of rotatable bonds is 4. The number of esters is 1. The minimum Gasteiger partial charge on any atom is -0.466 e. The Morgan fingerprint density at radius 1 is 1.53 bits per heavy atom. The van der Waals surface area contributed by atoms with Gasteiger partial charge in [0.25, 0.3) is 6.43 Å². The fourth-order valence-electron chi connectivity index (χ4n) is 1.16. The molecule has 0 radical (unpaired) electrons. The fraction of sp³-hybridized carbons (Fsp3) is 0.400. The first-order chi connectivity index (χ1) is 7.95. The Hall–Kier alpha value is -0.940. The Balaban J connectivity index is 2.95. The van der Waals surface area contributed by atoms with Crippen LogP contribution in [0.25, 0.3) is 0 Å². The fourth-order valence-corrected chi connectivity index (χ4v) is 1.63. The van der Waals surface area contributed by atoms with E-state index in [1.54, 1.807) is 6.92 Å². The van der Waals surface area contributed by atoms with Crippen molar-refractivity contribution in [2.45, 2.75) is 19.8 Å². The van der Waals surface area contributed by atoms with E-state index < -0.39 is 18.1 Å². The molecule has 0 spiro atoms. The molecule has 0 fully saturated rings. The second-order valence-corrected chi connectivity index (χ2v) is 3.85. The summed E-state index contributed by atoms with van der Waals surface area (Å²) in [5, 5.41) is -0.388. The highest BCUT2D eigenvalue weighted by Crippen LogP contribution is 2.29. The van der Waals surface area contributed by atoms with E-state index in [1.165, 1.54) is 6.07 Å². The number of pyridine rings is 1. The third kappa shape index (κ3) is 3.78. The van der Waals surface area contributed by atoms with E-state index in [2.05, 4.69) is 4.98 Å². The number of hydrogen-bond donors (Lipinski definition) is 0. The Morgan fingerprint density at radius 3 is 2.71 bits per heavy atom. The molecule has 94 valence electrons. The quantitative estimate of drug-likeness (QED) is 0.628. The van der Waals surface area contributed by atoms with Gasteiger partial charge in [-0.1, -0.05) is 23.2 Å². The molecule has 1 heterocycles. The Labute approximate surface area is 107 Å². The lowest BCUT2D eigenvalue weighted by molar-refractivity contribution is -0.142. The van der Waals surface area contributed by atoms with Crippen LogP contribution in [-0.4, -0.2) is 17.6 Å². The van der Waals surface area contributed by atoms with Gasteiger partial charge in [-0.15, -0.1) is 0 Å². The minimum atomic E-state index is -2.81. The number of nitrogens with zero attached hydrogens (tertiary/aromatic N) is 1. The van der Waals surface area contributed by atoms with Crippen LogP contribution in [0.3, 0.4) is 0 Å². The van der Waals surface area contributed by atoms with Crippen molar-refractivity contribution in [2.24, 2.45) is 0 Å². The monoisotopic (exact) mass is 283 g/mol. The third-order valence-electron chi connectivity index (χ3n) is 1.88. The molecule has 0 saturated heterocycles. The third-order valence-corrected chi connectivity index (χ3v) is 2.51. The van der Waals surface area contributed by atoms with Gasteiger partial charge in [-0.2, -0.15) is 0 Å². The molecule has 3 nitrogen and oxygen atoms in total. The summed E-state index contributed by atoms with van der Waals surface area (Å²) < 4.78 is 29.6. The standard InChI is InChI=1S/C10H9Cl2F2NO2/c1-2-17-7(16)4-5-3-6(11)8(10(13)14)15-9(5)12/h3,10H,2,4H2,1H3. The summed E-state index contributed by atoms with van der Waals surface area (Å²) in [4.78, 5) is 14.7. The predicted molar refractivity (Wildman–Crippen MR) is 59.6 cm³/mol. The first kappa shape index (κ1) is 14.1. The highest BCUT2D eigenvalue weighted by molar-refractivity contribution is 6.33. The zero-order valence-corrected chi connectivity index (χ0v) is 10.4. The predicted octanol–water partition coefficient (Wildman–Crippen LogP) is 3.43. The van der Waals surface area contributed by atoms with E-state index in [1.807, 2.05) is 0 Å². The van der Waals surface area contributed by atoms with Crippen molar-refractivity contribution in [1.82, 2.24) is 4.98 Å². The molecule has 1 aromatic heterocycles. The van der Waals surface area contributed by atoms with Gasteiger partial charge >= 0.3 is 5.97 Å². The Bertz CT molecular complexity index is 427. The van der Waals surface area contributed by atoms with E-state index in [4.69, 9.17) is 27.9 Å². The molecule has 1 aromatic rings. The molecular weight excluding hydrogens is 275 g/mol. The van der Waals surface area contributed by atoms with Gasteiger partial charge in [0.1, 0.15) is 10.8 Å². The largest absolute Gasteiger partial charge is 0.466 e. The summed E-state index contributed by atoms with van der Waals surface area (Å²) in [6.45, 7) is 1.89. The molecular formula is C10H9Cl2F2NO2. The molecule has 0 bridgehead atoms. The topological polar surface area (TPSA) is 39.2 Å². The highest BCUT2D eigenvalue weighted by Gasteiger charge is 2.18. The number of carbonyl (C=O) groups excluding carboxylic acids is 1. The van der Waals surface area contributed by atoms with Crippen molar-refractivity contribution in [2.75, 3.05) is 6.61 Å². The molecule has 17 heavy (non-hydrogen) atoms. The summed E-state index contributed by atoms with van der Waals surface area (Å²) in [6.07, 6.45) is -2.96. The minimum absolute atomic E-state index is 0.150. The maximum absolute atomic E-state index is 12.4. The van der Waals surface area contributed by atoms with Gasteiger partial charge in [-0.05, 0) is 13.0 Å². The molecule has 0 unspecified atom stereocenters. The Kier molecular flexibility index (Phi) is 5.08. The second-order valence-electron chi connectivity index (χ2n) is 3.09. The van der Waals surface area contributed by atoms with Gasteiger partial charge in [0.05, 0.1) is 18.1 Å². The smallest absolute Gasteiger partial charge is 0.310 e. The lowest BCUT2D eigenvalue weighted by Gasteiger charge is -2.07. The van der Waals surface area contributed by atoms with E-state index in [0.717, 1.165) is 0 Å². The lowest BCUT2D eigenvalue weighted by Crippen LogP contribution is -2.09. The van der Waals surface area contributed by atoms with Gasteiger partial charge in [0.2, 0.25) is 0 Å². The average Bonchev–Trinajstić information content (AvgIpc) is 2.22. The van der Waals surface area contributed by atoms with Crippen molar-refractivity contribution < 1.29 is 18.3 Å². The van der Waals surface area contributed by atoms with Crippen molar-refractivity contribution in [1.29, 1.82) is 0 Å². The maximum atomic E-state index is 12.4. The van der Waals surface area contributed by atoms with Gasteiger partial charge in [0, 0.05) is 5.56 Å². The van der Waals surface area contributed by atoms with Crippen molar-refractivity contribution in [3.05, 3.63) is 27.5 Å². The van der Waals surface area contributed by atoms with Crippen molar-refractivity contribution >= 4 is 29.2 Å². The molecule has 0 aliphatic heterocycles. The summed E-state index contributed by atoms with van der Waals surface area (Å²) in [5.74, 6) is -0.517. The molecule has 7 heteroatoms. The summed E-state index contributed by atoms with van der Waals surface area (Å²) in [6, 6.07) is 1.20. The van der Waals surface area contributed by atoms with E-state index in [0.29, 0.717) is 0 Å². The molecule has 0 aliphatic carbocycles. The number of alkyl halides is 2. The lowest BCUT2D eigenvalue weighted by atomic mass is 10.2. The van der Waals surface area contributed by atoms with Crippen LogP contribution in [0.2, 0.25) is 10.2 Å². The number of halogens is 4. The second kappa shape index (κ2) is 6.12. The van der Waals surface area contributed by atoms with Crippen LogP contribution < -0.4 is 0 Å². The molecule has 0 N–H and O–H groups in total. The zero-order chi connectivity index (χ0) is 13.0. The molecule has 0 saturated carbocycles. The highest BCUT2D eigenvalue weighted by atomic mass is 35.5. The average molecular weight is 284 g/mol. The molecule has 0 atom stereocenters. The normalized spacial score (nSPS) is 10.7. The maximum Gasteiger partial charge on any atom is 0.310 e. The van der Waals surface area contributed by atoms with Gasteiger partial charge in [0.15, 0.2) is 0 Å². The summed E-state index contributed by atoms with van der Waals surface area (Å²) in [7, 11) is 0. The van der Waals surface area contributed by atoms with Crippen molar-refractivity contribution in [3.63, 3.8) is 0 Å². The van der Waals surface area contributed by atoms with Crippen LogP contribution in [0.1, 0.15) is 24.6 Å². The summed E-state index contributed by atoms with van der Waals surface area (Å²) >= 11 is 11.3. The van der Waals surface area contributed by atoms with E-state index >= 15 is 0 Å². The van der Waals surface area contributed by atoms with Crippen molar-refractivity contribution in [3.8, 4) is 0 Å². The number of aromatic nitrogens is 1. The van der Waals surface area contributed by atoms with Crippen LogP contribution in [0.15, 0.2) is 6.07 Å². The molecule has 0 amide bonds. The summed E-state index contributed by atoms with van der Waals surface area (Å²) in [5.41, 5.74) is -0.330. The van der Waals surface area contributed by atoms with Crippen LogP contribution in [0.5, 0.6) is 0 Å². The molecule has 0 aliphatic rings. The van der Waals surface area contributed by atoms with Gasteiger partial charge < -0.3 is 4.74 Å². The van der Waals surface area contributed by atoms with Gasteiger partial charge in [-0.3, -0.25) is 4.79 Å². The van der Waals surface area contributed by atoms with Crippen LogP contribution in [-0.2, 0) is 16.0 Å². The van der Waals surface area contributed by atoms with Crippen LogP contribution in [0.4, 0.5) is 8.78 Å². The SMILES string of the molecule is CCOC(=O)Cc1cc(Cl)c(C(F)F)nc1Cl. The van der Waals surface area contributed by atoms with E-state index in [9.17, 15) is 13.6 Å².